The van der Waals surface area contributed by atoms with E-state index in [1.165, 1.54) is 18.4 Å². The molecule has 28 heavy (non-hydrogen) atoms. The second kappa shape index (κ2) is 12.2. The largest absolute Gasteiger partial charge is 0.380 e. The van der Waals surface area contributed by atoms with Crippen molar-refractivity contribution in [3.8, 4) is 0 Å². The van der Waals surface area contributed by atoms with Gasteiger partial charge in [0, 0.05) is 36.4 Å². The number of aromatic nitrogens is 2. The number of halogens is 2. The van der Waals surface area contributed by atoms with Crippen LogP contribution in [0.25, 0.3) is 10.2 Å². The van der Waals surface area contributed by atoms with Crippen molar-refractivity contribution in [2.75, 3.05) is 5.32 Å². The average Bonchev–Trinajstić information content (AvgIpc) is 3.10. The zero-order chi connectivity index (χ0) is 20.4. The lowest BCUT2D eigenvalue weighted by Gasteiger charge is -2.09. The molecular weight excluding hydrogens is 456 g/mol. The van der Waals surface area contributed by atoms with Crippen molar-refractivity contribution in [1.82, 2.24) is 9.97 Å². The molecule has 1 aliphatic rings. The van der Waals surface area contributed by atoms with E-state index in [2.05, 4.69) is 43.4 Å². The third-order valence-electron chi connectivity index (χ3n) is 3.99. The summed E-state index contributed by atoms with van der Waals surface area (Å²) in [5.74, 6) is 0. The first kappa shape index (κ1) is 22.8. The Morgan fingerprint density at radius 2 is 2.04 bits per heavy atom. The Morgan fingerprint density at radius 1 is 1.29 bits per heavy atom. The molecule has 3 heterocycles. The predicted octanol–water partition coefficient (Wildman–Crippen LogP) is 6.80. The quantitative estimate of drug-likeness (QED) is 0.319. The SMILES string of the molecule is CC.Clc1cc(NCc2ccncc2)c2scc(Br)c2n1.NC1CC=CCC1. The van der Waals surface area contributed by atoms with Crippen LogP contribution in [0.15, 0.2) is 52.6 Å². The molecule has 3 aromatic rings. The van der Waals surface area contributed by atoms with Gasteiger partial charge in [-0.1, -0.05) is 37.6 Å². The van der Waals surface area contributed by atoms with Crippen LogP contribution >= 0.6 is 38.9 Å². The number of nitrogens with two attached hydrogens (primary N) is 1. The van der Waals surface area contributed by atoms with Gasteiger partial charge in [-0.25, -0.2) is 4.98 Å². The number of hydrogen-bond donors (Lipinski definition) is 2. The highest BCUT2D eigenvalue weighted by molar-refractivity contribution is 9.10. The fourth-order valence-corrected chi connectivity index (χ4v) is 4.35. The molecule has 7 heteroatoms. The Hall–Kier alpha value is -1.47. The average molecular weight is 482 g/mol. The number of allylic oxidation sites excluding steroid dienone is 1. The van der Waals surface area contributed by atoms with Gasteiger partial charge in [-0.05, 0) is 52.9 Å². The molecule has 150 valence electrons. The van der Waals surface area contributed by atoms with Crippen molar-refractivity contribution >= 4 is 54.8 Å². The first-order valence-corrected chi connectivity index (χ1v) is 11.4. The van der Waals surface area contributed by atoms with Crippen molar-refractivity contribution in [3.63, 3.8) is 0 Å². The summed E-state index contributed by atoms with van der Waals surface area (Å²) < 4.78 is 2.08. The predicted molar refractivity (Wildman–Crippen MR) is 126 cm³/mol. The molecular formula is C21H26BrClN4S. The van der Waals surface area contributed by atoms with Gasteiger partial charge in [0.05, 0.1) is 20.4 Å². The summed E-state index contributed by atoms with van der Waals surface area (Å²) in [6.07, 6.45) is 11.4. The molecule has 0 fully saturated rings. The van der Waals surface area contributed by atoms with E-state index in [1.54, 1.807) is 23.7 Å². The smallest absolute Gasteiger partial charge is 0.131 e. The van der Waals surface area contributed by atoms with E-state index in [1.807, 2.05) is 37.4 Å². The number of nitrogens with one attached hydrogen (secondary N) is 1. The summed E-state index contributed by atoms with van der Waals surface area (Å²) in [6.45, 7) is 4.73. The van der Waals surface area contributed by atoms with Crippen LogP contribution in [0.1, 0.15) is 38.7 Å². The molecule has 0 bridgehead atoms. The van der Waals surface area contributed by atoms with Crippen LogP contribution in [0.5, 0.6) is 0 Å². The Morgan fingerprint density at radius 3 is 2.64 bits per heavy atom. The van der Waals surface area contributed by atoms with Crippen molar-refractivity contribution in [3.05, 3.63) is 63.3 Å². The van der Waals surface area contributed by atoms with Gasteiger partial charge in [-0.2, -0.15) is 0 Å². The summed E-state index contributed by atoms with van der Waals surface area (Å²) in [4.78, 5) is 8.33. The molecule has 1 aliphatic carbocycles. The van der Waals surface area contributed by atoms with Crippen LogP contribution in [-0.4, -0.2) is 16.0 Å². The van der Waals surface area contributed by atoms with E-state index < -0.39 is 0 Å². The number of pyridine rings is 2. The van der Waals surface area contributed by atoms with Gasteiger partial charge in [-0.15, -0.1) is 11.3 Å². The highest BCUT2D eigenvalue weighted by Crippen LogP contribution is 2.35. The topological polar surface area (TPSA) is 63.8 Å². The molecule has 3 N–H and O–H groups in total. The van der Waals surface area contributed by atoms with E-state index in [9.17, 15) is 0 Å². The second-order valence-corrected chi connectivity index (χ2v) is 8.13. The number of hydrogen-bond acceptors (Lipinski definition) is 5. The van der Waals surface area contributed by atoms with E-state index in [0.717, 1.165) is 33.3 Å². The summed E-state index contributed by atoms with van der Waals surface area (Å²) in [6, 6.07) is 6.27. The van der Waals surface area contributed by atoms with Crippen LogP contribution < -0.4 is 11.1 Å². The molecule has 1 unspecified atom stereocenters. The maximum Gasteiger partial charge on any atom is 0.131 e. The normalized spacial score (nSPS) is 15.2. The number of nitrogens with zero attached hydrogens (tertiary/aromatic N) is 2. The van der Waals surface area contributed by atoms with Gasteiger partial charge in [-0.3, -0.25) is 4.98 Å². The molecule has 0 aliphatic heterocycles. The monoisotopic (exact) mass is 480 g/mol. The van der Waals surface area contributed by atoms with Gasteiger partial charge >= 0.3 is 0 Å². The minimum atomic E-state index is 0.449. The number of anilines is 1. The summed E-state index contributed by atoms with van der Waals surface area (Å²) in [5.41, 5.74) is 8.66. The van der Waals surface area contributed by atoms with Gasteiger partial charge in [0.2, 0.25) is 0 Å². The standard InChI is InChI=1S/C13H9BrClN3S.C6H11N.C2H6/c14-9-7-19-13-10(5-11(15)18-12(9)13)17-6-8-1-3-16-4-2-8;7-6-4-2-1-3-5-6;1-2/h1-5,7H,6H2,(H,17,18);1-2,6H,3-5,7H2;1-2H3. The summed E-state index contributed by atoms with van der Waals surface area (Å²) in [5, 5.41) is 5.90. The molecule has 0 saturated heterocycles. The Balaban J connectivity index is 0.000000261. The fourth-order valence-electron chi connectivity index (χ4n) is 2.60. The lowest BCUT2D eigenvalue weighted by Crippen LogP contribution is -2.19. The maximum absolute atomic E-state index is 6.06. The van der Waals surface area contributed by atoms with E-state index in [-0.39, 0.29) is 0 Å². The fraction of sp³-hybridized carbons (Fsp3) is 0.333. The third-order valence-corrected chi connectivity index (χ3v) is 6.09. The van der Waals surface area contributed by atoms with Crippen LogP contribution in [0.4, 0.5) is 5.69 Å². The molecule has 1 atom stereocenters. The van der Waals surface area contributed by atoms with Gasteiger partial charge in [0.1, 0.15) is 5.15 Å². The molecule has 4 nitrogen and oxygen atoms in total. The zero-order valence-corrected chi connectivity index (χ0v) is 19.3. The molecule has 3 aromatic heterocycles. The third kappa shape index (κ3) is 6.85. The minimum absolute atomic E-state index is 0.449. The zero-order valence-electron chi connectivity index (χ0n) is 16.2. The number of thiophene rings is 1. The first-order chi connectivity index (χ1) is 13.6. The highest BCUT2D eigenvalue weighted by Gasteiger charge is 2.09. The van der Waals surface area contributed by atoms with Crippen LogP contribution in [0.3, 0.4) is 0 Å². The van der Waals surface area contributed by atoms with Gasteiger partial charge in [0.25, 0.3) is 0 Å². The lowest BCUT2D eigenvalue weighted by molar-refractivity contribution is 0.606. The number of rotatable bonds is 3. The molecule has 4 rings (SSSR count). The van der Waals surface area contributed by atoms with Crippen molar-refractivity contribution in [2.45, 2.75) is 45.7 Å². The van der Waals surface area contributed by atoms with Crippen molar-refractivity contribution < 1.29 is 0 Å². The molecule has 0 amide bonds. The van der Waals surface area contributed by atoms with Crippen LogP contribution in [0.2, 0.25) is 5.15 Å². The molecule has 0 radical (unpaired) electrons. The van der Waals surface area contributed by atoms with E-state index in [0.29, 0.717) is 11.2 Å². The summed E-state index contributed by atoms with van der Waals surface area (Å²) in [7, 11) is 0. The second-order valence-electron chi connectivity index (χ2n) is 6.01. The maximum atomic E-state index is 6.06. The Labute approximate surface area is 184 Å². The van der Waals surface area contributed by atoms with Crippen LogP contribution in [-0.2, 0) is 6.54 Å². The van der Waals surface area contributed by atoms with Crippen molar-refractivity contribution in [1.29, 1.82) is 0 Å². The Kier molecular flexibility index (Phi) is 9.92. The molecule has 0 spiro atoms. The van der Waals surface area contributed by atoms with Crippen molar-refractivity contribution in [2.24, 2.45) is 5.73 Å². The highest BCUT2D eigenvalue weighted by atomic mass is 79.9. The van der Waals surface area contributed by atoms with E-state index in [4.69, 9.17) is 17.3 Å². The van der Waals surface area contributed by atoms with E-state index >= 15 is 0 Å². The minimum Gasteiger partial charge on any atom is -0.380 e. The lowest BCUT2D eigenvalue weighted by atomic mass is 10.0. The summed E-state index contributed by atoms with van der Waals surface area (Å²) >= 11 is 11.2. The number of fused-ring (bicyclic) bond motifs is 1. The Bertz CT molecular complexity index is 883. The van der Waals surface area contributed by atoms with Gasteiger partial charge < -0.3 is 11.1 Å². The van der Waals surface area contributed by atoms with Crippen LogP contribution in [0, 0.1) is 0 Å². The molecule has 0 aromatic carbocycles. The molecule has 0 saturated carbocycles. The first-order valence-electron chi connectivity index (χ1n) is 9.40. The van der Waals surface area contributed by atoms with Gasteiger partial charge in [0.15, 0.2) is 0 Å².